The van der Waals surface area contributed by atoms with Crippen molar-refractivity contribution in [3.05, 3.63) is 71.6 Å². The van der Waals surface area contributed by atoms with Crippen LogP contribution in [-0.4, -0.2) is 41.1 Å². The molecule has 0 bridgehead atoms. The summed E-state index contributed by atoms with van der Waals surface area (Å²) in [5.74, 6) is 1.37. The largest absolute Gasteiger partial charge is 0.337 e. The molecule has 1 aliphatic heterocycles. The van der Waals surface area contributed by atoms with Crippen molar-refractivity contribution in [2.45, 2.75) is 18.9 Å². The number of nitrogens with one attached hydrogen (secondary N) is 1. The van der Waals surface area contributed by atoms with Crippen LogP contribution >= 0.6 is 12.4 Å². The van der Waals surface area contributed by atoms with E-state index in [2.05, 4.69) is 21.5 Å². The fourth-order valence-electron chi connectivity index (χ4n) is 3.38. The molecular formula is C21H23ClN4O2. The van der Waals surface area contributed by atoms with Crippen LogP contribution in [0.5, 0.6) is 0 Å². The van der Waals surface area contributed by atoms with Crippen LogP contribution in [0.3, 0.4) is 0 Å². The van der Waals surface area contributed by atoms with E-state index in [0.29, 0.717) is 23.2 Å². The third-order valence-electron chi connectivity index (χ3n) is 4.88. The summed E-state index contributed by atoms with van der Waals surface area (Å²) in [7, 11) is 1.75. The fourth-order valence-corrected chi connectivity index (χ4v) is 3.38. The van der Waals surface area contributed by atoms with E-state index >= 15 is 0 Å². The van der Waals surface area contributed by atoms with Gasteiger partial charge in [0, 0.05) is 24.7 Å². The molecule has 4 rings (SSSR count). The Morgan fingerprint density at radius 2 is 2.04 bits per heavy atom. The maximum atomic E-state index is 12.8. The second kappa shape index (κ2) is 8.99. The molecule has 0 radical (unpaired) electrons. The van der Waals surface area contributed by atoms with Crippen molar-refractivity contribution in [3.63, 3.8) is 0 Å². The van der Waals surface area contributed by atoms with Crippen LogP contribution in [0, 0.1) is 0 Å². The molecule has 0 aliphatic carbocycles. The van der Waals surface area contributed by atoms with E-state index in [1.807, 2.05) is 48.5 Å². The van der Waals surface area contributed by atoms with Gasteiger partial charge in [-0.3, -0.25) is 4.79 Å². The number of carbonyl (C=O) groups is 1. The molecule has 0 saturated carbocycles. The van der Waals surface area contributed by atoms with Gasteiger partial charge in [0.2, 0.25) is 11.7 Å². The molecule has 6 nitrogen and oxygen atoms in total. The van der Waals surface area contributed by atoms with Crippen LogP contribution in [0.15, 0.2) is 59.1 Å². The highest BCUT2D eigenvalue weighted by atomic mass is 35.5. The average molecular weight is 399 g/mol. The predicted octanol–water partition coefficient (Wildman–Crippen LogP) is 3.51. The van der Waals surface area contributed by atoms with Crippen molar-refractivity contribution in [3.8, 4) is 11.4 Å². The Labute approximate surface area is 170 Å². The lowest BCUT2D eigenvalue weighted by molar-refractivity contribution is 0.0769. The molecule has 2 aromatic carbocycles. The Morgan fingerprint density at radius 3 is 2.79 bits per heavy atom. The van der Waals surface area contributed by atoms with Gasteiger partial charge in [0.25, 0.3) is 5.91 Å². The topological polar surface area (TPSA) is 71.3 Å². The monoisotopic (exact) mass is 398 g/mol. The quantitative estimate of drug-likeness (QED) is 0.712. The van der Waals surface area contributed by atoms with Crippen LogP contribution in [-0.2, 0) is 6.54 Å². The first kappa shape index (κ1) is 20.0. The molecule has 1 amide bonds. The van der Waals surface area contributed by atoms with Gasteiger partial charge in [-0.15, -0.1) is 12.4 Å². The number of hydrogen-bond donors (Lipinski definition) is 1. The standard InChI is InChI=1S/C21H22N4O2.ClH/c1-25(14-19-23-20(24-27-19)15-6-3-2-4-7-15)21(26)17-9-5-8-16(12-17)18-10-11-22-13-18;/h2-9,12,18,22H,10-11,13-14H2,1H3;1H. The lowest BCUT2D eigenvalue weighted by Crippen LogP contribution is -2.26. The smallest absolute Gasteiger partial charge is 0.254 e. The van der Waals surface area contributed by atoms with Gasteiger partial charge in [-0.05, 0) is 36.6 Å². The summed E-state index contributed by atoms with van der Waals surface area (Å²) < 4.78 is 5.32. The predicted molar refractivity (Wildman–Crippen MR) is 109 cm³/mol. The van der Waals surface area contributed by atoms with Crippen molar-refractivity contribution in [2.24, 2.45) is 0 Å². The lowest BCUT2D eigenvalue weighted by Gasteiger charge is -2.16. The zero-order valence-electron chi connectivity index (χ0n) is 15.7. The minimum Gasteiger partial charge on any atom is -0.337 e. The Hall–Kier alpha value is -2.70. The highest BCUT2D eigenvalue weighted by Gasteiger charge is 2.20. The molecule has 1 fully saturated rings. The number of amides is 1. The summed E-state index contributed by atoms with van der Waals surface area (Å²) in [5.41, 5.74) is 2.78. The summed E-state index contributed by atoms with van der Waals surface area (Å²) >= 11 is 0. The maximum Gasteiger partial charge on any atom is 0.254 e. The van der Waals surface area contributed by atoms with E-state index < -0.39 is 0 Å². The first-order valence-corrected chi connectivity index (χ1v) is 9.15. The number of hydrogen-bond acceptors (Lipinski definition) is 5. The van der Waals surface area contributed by atoms with E-state index in [-0.39, 0.29) is 24.9 Å². The highest BCUT2D eigenvalue weighted by molar-refractivity contribution is 5.94. The van der Waals surface area contributed by atoms with Gasteiger partial charge in [0.05, 0.1) is 6.54 Å². The van der Waals surface area contributed by atoms with Gasteiger partial charge in [-0.25, -0.2) is 0 Å². The third kappa shape index (κ3) is 4.40. The average Bonchev–Trinajstić information content (AvgIpc) is 3.40. The van der Waals surface area contributed by atoms with Crippen molar-refractivity contribution in [2.75, 3.05) is 20.1 Å². The SMILES string of the molecule is CN(Cc1nc(-c2ccccc2)no1)C(=O)c1cccc(C2CCNC2)c1.Cl. The fraction of sp³-hybridized carbons (Fsp3) is 0.286. The molecule has 28 heavy (non-hydrogen) atoms. The number of benzene rings is 2. The summed E-state index contributed by atoms with van der Waals surface area (Å²) in [5, 5.41) is 7.37. The Morgan fingerprint density at radius 1 is 1.21 bits per heavy atom. The van der Waals surface area contributed by atoms with Gasteiger partial charge in [-0.1, -0.05) is 47.6 Å². The highest BCUT2D eigenvalue weighted by Crippen LogP contribution is 2.23. The minimum absolute atomic E-state index is 0. The molecule has 0 spiro atoms. The number of rotatable bonds is 5. The van der Waals surface area contributed by atoms with Crippen LogP contribution in [0.25, 0.3) is 11.4 Å². The molecule has 3 aromatic rings. The Balaban J connectivity index is 0.00000225. The molecule has 1 atom stereocenters. The molecule has 2 heterocycles. The zero-order valence-corrected chi connectivity index (χ0v) is 16.5. The lowest BCUT2D eigenvalue weighted by atomic mass is 9.96. The van der Waals surface area contributed by atoms with Crippen LogP contribution < -0.4 is 5.32 Å². The minimum atomic E-state index is -0.0535. The van der Waals surface area contributed by atoms with E-state index in [1.165, 1.54) is 5.56 Å². The molecule has 1 N–H and O–H groups in total. The van der Waals surface area contributed by atoms with Gasteiger partial charge in [0.1, 0.15) is 0 Å². The first-order chi connectivity index (χ1) is 13.2. The van der Waals surface area contributed by atoms with Gasteiger partial charge in [0.15, 0.2) is 0 Å². The van der Waals surface area contributed by atoms with Gasteiger partial charge >= 0.3 is 0 Å². The van der Waals surface area contributed by atoms with Crippen molar-refractivity contribution < 1.29 is 9.32 Å². The van der Waals surface area contributed by atoms with E-state index in [1.54, 1.807) is 11.9 Å². The van der Waals surface area contributed by atoms with Crippen LogP contribution in [0.4, 0.5) is 0 Å². The van der Waals surface area contributed by atoms with E-state index in [4.69, 9.17) is 4.52 Å². The van der Waals surface area contributed by atoms with Crippen molar-refractivity contribution in [1.82, 2.24) is 20.4 Å². The van der Waals surface area contributed by atoms with Gasteiger partial charge < -0.3 is 14.7 Å². The molecule has 1 saturated heterocycles. The van der Waals surface area contributed by atoms with Crippen LogP contribution in [0.2, 0.25) is 0 Å². The zero-order chi connectivity index (χ0) is 18.6. The Bertz CT molecular complexity index is 923. The van der Waals surface area contributed by atoms with E-state index in [9.17, 15) is 4.79 Å². The molecule has 7 heteroatoms. The number of halogens is 1. The number of nitrogens with zero attached hydrogens (tertiary/aromatic N) is 3. The summed E-state index contributed by atoms with van der Waals surface area (Å²) in [4.78, 5) is 18.8. The molecular weight excluding hydrogens is 376 g/mol. The number of carbonyl (C=O) groups excluding carboxylic acids is 1. The summed E-state index contributed by atoms with van der Waals surface area (Å²) in [6.45, 7) is 2.27. The second-order valence-electron chi connectivity index (χ2n) is 6.85. The molecule has 1 aromatic heterocycles. The molecule has 1 aliphatic rings. The molecule has 146 valence electrons. The number of aromatic nitrogens is 2. The first-order valence-electron chi connectivity index (χ1n) is 9.15. The van der Waals surface area contributed by atoms with Gasteiger partial charge in [-0.2, -0.15) is 4.98 Å². The normalized spacial score (nSPS) is 15.8. The maximum absolute atomic E-state index is 12.8. The Kier molecular flexibility index (Phi) is 6.44. The second-order valence-corrected chi connectivity index (χ2v) is 6.85. The summed E-state index contributed by atoms with van der Waals surface area (Å²) in [6, 6.07) is 17.5. The van der Waals surface area contributed by atoms with E-state index in [0.717, 1.165) is 25.1 Å². The van der Waals surface area contributed by atoms with Crippen molar-refractivity contribution in [1.29, 1.82) is 0 Å². The third-order valence-corrected chi connectivity index (χ3v) is 4.88. The molecule has 1 unspecified atom stereocenters. The summed E-state index contributed by atoms with van der Waals surface area (Å²) in [6.07, 6.45) is 1.11. The van der Waals surface area contributed by atoms with Crippen LogP contribution in [0.1, 0.15) is 34.2 Å². The van der Waals surface area contributed by atoms with Crippen molar-refractivity contribution >= 4 is 18.3 Å².